The highest BCUT2D eigenvalue weighted by Gasteiger charge is 2.22. The van der Waals surface area contributed by atoms with Gasteiger partial charge in [0.1, 0.15) is 6.54 Å². The van der Waals surface area contributed by atoms with Gasteiger partial charge in [0.05, 0.1) is 0 Å². The molecule has 20 heavy (non-hydrogen) atoms. The summed E-state index contributed by atoms with van der Waals surface area (Å²) in [5.74, 6) is -0.777. The molecule has 6 heteroatoms. The second-order valence-electron chi connectivity index (χ2n) is 6.23. The van der Waals surface area contributed by atoms with Crippen LogP contribution in [0.25, 0.3) is 0 Å². The van der Waals surface area contributed by atoms with Crippen LogP contribution >= 0.6 is 0 Å². The molecule has 0 spiro atoms. The van der Waals surface area contributed by atoms with E-state index in [9.17, 15) is 9.59 Å². The fraction of sp³-hybridized carbons (Fsp3) is 0.857. The number of nitrogens with one attached hydrogen (secondary N) is 1. The highest BCUT2D eigenvalue weighted by molar-refractivity contribution is 5.80. The van der Waals surface area contributed by atoms with E-state index in [1.165, 1.54) is 4.90 Å². The zero-order valence-corrected chi connectivity index (χ0v) is 13.2. The predicted molar refractivity (Wildman–Crippen MR) is 77.7 cm³/mol. The molecule has 0 aliphatic carbocycles. The molecule has 0 radical (unpaired) electrons. The Labute approximate surface area is 121 Å². The molecule has 0 aliphatic rings. The lowest BCUT2D eigenvalue weighted by atomic mass is 9.90. The number of ether oxygens (including phenoxy) is 1. The molecule has 118 valence electrons. The first-order chi connectivity index (χ1) is 9.18. The number of rotatable bonds is 9. The van der Waals surface area contributed by atoms with Crippen LogP contribution in [0.4, 0.5) is 4.79 Å². The Balaban J connectivity index is 4.41. The SMILES string of the molecule is COCCC(C)(C)CNC(=O)N(CC(=O)O)CC(C)C. The summed E-state index contributed by atoms with van der Waals surface area (Å²) in [5.41, 5.74) is -0.0849. The maximum atomic E-state index is 12.1. The van der Waals surface area contributed by atoms with Crippen LogP contribution in [0.3, 0.4) is 0 Å². The van der Waals surface area contributed by atoms with E-state index in [0.717, 1.165) is 6.42 Å². The van der Waals surface area contributed by atoms with Gasteiger partial charge in [0.25, 0.3) is 0 Å². The first kappa shape index (κ1) is 18.7. The van der Waals surface area contributed by atoms with Crippen molar-refractivity contribution in [1.82, 2.24) is 10.2 Å². The van der Waals surface area contributed by atoms with Gasteiger partial charge < -0.3 is 20.1 Å². The minimum Gasteiger partial charge on any atom is -0.480 e. The van der Waals surface area contributed by atoms with Crippen LogP contribution in [0.2, 0.25) is 0 Å². The third-order valence-corrected chi connectivity index (χ3v) is 2.90. The van der Waals surface area contributed by atoms with E-state index in [2.05, 4.69) is 5.32 Å². The zero-order chi connectivity index (χ0) is 15.8. The highest BCUT2D eigenvalue weighted by atomic mass is 16.5. The summed E-state index contributed by atoms with van der Waals surface area (Å²) < 4.78 is 5.04. The monoisotopic (exact) mass is 288 g/mol. The Morgan fingerprint density at radius 2 is 1.95 bits per heavy atom. The second kappa shape index (κ2) is 8.79. The van der Waals surface area contributed by atoms with E-state index in [1.54, 1.807) is 7.11 Å². The molecule has 0 aromatic carbocycles. The smallest absolute Gasteiger partial charge is 0.323 e. The quantitative estimate of drug-likeness (QED) is 0.678. The van der Waals surface area contributed by atoms with Crippen LogP contribution in [0.1, 0.15) is 34.1 Å². The molecule has 0 rings (SSSR count). The summed E-state index contributed by atoms with van der Waals surface area (Å²) in [5, 5.41) is 11.7. The van der Waals surface area contributed by atoms with Crippen LogP contribution in [-0.2, 0) is 9.53 Å². The zero-order valence-electron chi connectivity index (χ0n) is 13.2. The van der Waals surface area contributed by atoms with Gasteiger partial charge in [-0.05, 0) is 17.8 Å². The fourth-order valence-electron chi connectivity index (χ4n) is 1.72. The van der Waals surface area contributed by atoms with Gasteiger partial charge in [-0.25, -0.2) is 4.79 Å². The Morgan fingerprint density at radius 3 is 2.40 bits per heavy atom. The molecule has 0 bridgehead atoms. The van der Waals surface area contributed by atoms with Crippen molar-refractivity contribution in [3.05, 3.63) is 0 Å². The first-order valence-electron chi connectivity index (χ1n) is 6.91. The van der Waals surface area contributed by atoms with Crippen LogP contribution < -0.4 is 5.32 Å². The molecule has 0 unspecified atom stereocenters. The first-order valence-corrected chi connectivity index (χ1v) is 6.91. The van der Waals surface area contributed by atoms with Crippen molar-refractivity contribution >= 4 is 12.0 Å². The van der Waals surface area contributed by atoms with Crippen LogP contribution in [-0.4, -0.2) is 55.4 Å². The number of urea groups is 1. The van der Waals surface area contributed by atoms with Gasteiger partial charge in [-0.3, -0.25) is 4.79 Å². The lowest BCUT2D eigenvalue weighted by molar-refractivity contribution is -0.137. The van der Waals surface area contributed by atoms with Crippen LogP contribution in [0.5, 0.6) is 0 Å². The standard InChI is InChI=1S/C14H28N2O4/c1-11(2)8-16(9-12(17)18)13(19)15-10-14(3,4)6-7-20-5/h11H,6-10H2,1-5H3,(H,15,19)(H,17,18). The number of carbonyl (C=O) groups is 2. The number of aliphatic carboxylic acids is 1. The lowest BCUT2D eigenvalue weighted by Gasteiger charge is -2.28. The third-order valence-electron chi connectivity index (χ3n) is 2.90. The molecular weight excluding hydrogens is 260 g/mol. The van der Waals surface area contributed by atoms with Crippen LogP contribution in [0.15, 0.2) is 0 Å². The molecule has 2 amide bonds. The number of hydrogen-bond acceptors (Lipinski definition) is 3. The fourth-order valence-corrected chi connectivity index (χ4v) is 1.72. The summed E-state index contributed by atoms with van der Waals surface area (Å²) in [6.45, 7) is 9.25. The Kier molecular flexibility index (Phi) is 8.22. The minimum absolute atomic E-state index is 0.0849. The average Bonchev–Trinajstić information content (AvgIpc) is 2.31. The highest BCUT2D eigenvalue weighted by Crippen LogP contribution is 2.18. The van der Waals surface area contributed by atoms with Crippen molar-refractivity contribution in [3.63, 3.8) is 0 Å². The van der Waals surface area contributed by atoms with Crippen LogP contribution in [0, 0.1) is 11.3 Å². The van der Waals surface area contributed by atoms with E-state index in [-0.39, 0.29) is 23.9 Å². The van der Waals surface area contributed by atoms with E-state index in [0.29, 0.717) is 19.7 Å². The molecule has 0 saturated carbocycles. The van der Waals surface area contributed by atoms with Crippen molar-refractivity contribution in [2.45, 2.75) is 34.1 Å². The van der Waals surface area contributed by atoms with E-state index in [1.807, 2.05) is 27.7 Å². The maximum Gasteiger partial charge on any atom is 0.323 e. The molecule has 0 saturated heterocycles. The maximum absolute atomic E-state index is 12.1. The molecule has 0 aromatic heterocycles. The number of methoxy groups -OCH3 is 1. The van der Waals surface area contributed by atoms with Crippen molar-refractivity contribution in [2.24, 2.45) is 11.3 Å². The summed E-state index contributed by atoms with van der Waals surface area (Å²) in [7, 11) is 1.64. The molecule has 0 atom stereocenters. The molecular formula is C14H28N2O4. The predicted octanol–water partition coefficient (Wildman–Crippen LogP) is 1.80. The summed E-state index contributed by atoms with van der Waals surface area (Å²) >= 11 is 0. The van der Waals surface area contributed by atoms with Gasteiger partial charge in [-0.1, -0.05) is 27.7 Å². The summed E-state index contributed by atoms with van der Waals surface area (Å²) in [6.07, 6.45) is 0.826. The Bertz CT molecular complexity index is 316. The Morgan fingerprint density at radius 1 is 1.35 bits per heavy atom. The second-order valence-corrected chi connectivity index (χ2v) is 6.23. The molecule has 0 fully saturated rings. The van der Waals surface area contributed by atoms with E-state index >= 15 is 0 Å². The lowest BCUT2D eigenvalue weighted by Crippen LogP contribution is -2.47. The Hall–Kier alpha value is -1.30. The minimum atomic E-state index is -1.00. The molecule has 0 aliphatic heterocycles. The number of carbonyl (C=O) groups excluding carboxylic acids is 1. The topological polar surface area (TPSA) is 78.9 Å². The number of hydrogen-bond donors (Lipinski definition) is 2. The molecule has 2 N–H and O–H groups in total. The molecule has 0 heterocycles. The van der Waals surface area contributed by atoms with Crippen molar-refractivity contribution < 1.29 is 19.4 Å². The number of carboxylic acids is 1. The third kappa shape index (κ3) is 8.74. The number of carboxylic acid groups (broad SMARTS) is 1. The summed E-state index contributed by atoms with van der Waals surface area (Å²) in [4.78, 5) is 24.2. The van der Waals surface area contributed by atoms with Gasteiger partial charge in [0.15, 0.2) is 0 Å². The summed E-state index contributed by atoms with van der Waals surface area (Å²) in [6, 6.07) is -0.327. The van der Waals surface area contributed by atoms with Gasteiger partial charge >= 0.3 is 12.0 Å². The van der Waals surface area contributed by atoms with Gasteiger partial charge in [-0.15, -0.1) is 0 Å². The normalized spacial score (nSPS) is 11.5. The van der Waals surface area contributed by atoms with Crippen molar-refractivity contribution in [2.75, 3.05) is 33.4 Å². The van der Waals surface area contributed by atoms with Gasteiger partial charge in [0, 0.05) is 26.8 Å². The van der Waals surface area contributed by atoms with Crippen molar-refractivity contribution in [1.29, 1.82) is 0 Å². The van der Waals surface area contributed by atoms with E-state index in [4.69, 9.17) is 9.84 Å². The van der Waals surface area contributed by atoms with Crippen molar-refractivity contribution in [3.8, 4) is 0 Å². The van der Waals surface area contributed by atoms with Gasteiger partial charge in [0.2, 0.25) is 0 Å². The number of nitrogens with zero attached hydrogens (tertiary/aromatic N) is 1. The average molecular weight is 288 g/mol. The van der Waals surface area contributed by atoms with Gasteiger partial charge in [-0.2, -0.15) is 0 Å². The van der Waals surface area contributed by atoms with E-state index < -0.39 is 5.97 Å². The molecule has 0 aromatic rings. The molecule has 6 nitrogen and oxygen atoms in total. The number of amides is 2. The largest absolute Gasteiger partial charge is 0.480 e.